The molecule has 0 fully saturated rings. The summed E-state index contributed by atoms with van der Waals surface area (Å²) < 4.78 is 22.4. The first kappa shape index (κ1) is 29.1. The number of carboxylic acid groups (broad SMARTS) is 1. The third-order valence-corrected chi connectivity index (χ3v) is 10.2. The van der Waals surface area contributed by atoms with Crippen molar-refractivity contribution < 1.29 is 18.8 Å². The molecule has 2 atom stereocenters. The molecule has 1 unspecified atom stereocenters. The van der Waals surface area contributed by atoms with Gasteiger partial charge in [0.05, 0.1) is 32.3 Å². The van der Waals surface area contributed by atoms with Crippen LogP contribution in [0.2, 0.25) is 5.02 Å². The second kappa shape index (κ2) is 11.6. The van der Waals surface area contributed by atoms with Gasteiger partial charge >= 0.3 is 5.97 Å². The highest BCUT2D eigenvalue weighted by atomic mass is 35.5. The Kier molecular flexibility index (Phi) is 7.88. The number of aliphatic carboxylic acids is 1. The van der Waals surface area contributed by atoms with Crippen molar-refractivity contribution in [3.05, 3.63) is 113 Å². The van der Waals surface area contributed by atoms with Gasteiger partial charge in [0, 0.05) is 51.6 Å². The van der Waals surface area contributed by atoms with Crippen LogP contribution in [0.1, 0.15) is 43.3 Å². The quantitative estimate of drug-likeness (QED) is 0.185. The van der Waals surface area contributed by atoms with Crippen LogP contribution >= 0.6 is 11.6 Å². The molecule has 2 aromatic heterocycles. The number of aromatic nitrogens is 2. The van der Waals surface area contributed by atoms with Gasteiger partial charge in [-0.25, -0.2) is 0 Å². The number of pyridine rings is 1. The Morgan fingerprint density at radius 3 is 2.47 bits per heavy atom. The maximum absolute atomic E-state index is 13.9. The van der Waals surface area contributed by atoms with Crippen LogP contribution in [-0.2, 0) is 41.6 Å². The minimum absolute atomic E-state index is 0.151. The van der Waals surface area contributed by atoms with Crippen molar-refractivity contribution in [2.75, 3.05) is 0 Å². The molecule has 3 aromatic carbocycles. The van der Waals surface area contributed by atoms with E-state index in [0.29, 0.717) is 24.6 Å². The van der Waals surface area contributed by atoms with Crippen LogP contribution in [-0.4, -0.2) is 30.1 Å². The summed E-state index contributed by atoms with van der Waals surface area (Å²) in [7, 11) is -1.31. The van der Waals surface area contributed by atoms with Gasteiger partial charge in [-0.3, -0.25) is 14.0 Å². The van der Waals surface area contributed by atoms with E-state index in [0.717, 1.165) is 55.2 Å². The second-order valence-electron chi connectivity index (χ2n) is 11.8. The van der Waals surface area contributed by atoms with E-state index in [4.69, 9.17) is 16.3 Å². The van der Waals surface area contributed by atoms with E-state index in [1.54, 1.807) is 13.8 Å². The van der Waals surface area contributed by atoms with Crippen LogP contribution < -0.4 is 4.74 Å². The van der Waals surface area contributed by atoms with E-state index >= 15 is 0 Å². The maximum atomic E-state index is 13.9. The monoisotopic (exact) mass is 612 g/mol. The largest absolute Gasteiger partial charge is 0.487 e. The Hall–Kier alpha value is -3.94. The summed E-state index contributed by atoms with van der Waals surface area (Å²) in [6.07, 6.45) is 2.70. The molecule has 1 N–H and O–H groups in total. The van der Waals surface area contributed by atoms with Crippen molar-refractivity contribution in [1.82, 2.24) is 9.55 Å². The van der Waals surface area contributed by atoms with Gasteiger partial charge in [-0.1, -0.05) is 67.1 Å². The van der Waals surface area contributed by atoms with Crippen LogP contribution in [0.4, 0.5) is 0 Å². The first-order chi connectivity index (χ1) is 20.6. The summed E-state index contributed by atoms with van der Waals surface area (Å²) in [6.45, 7) is 6.21. The molecular weight excluding hydrogens is 580 g/mol. The molecule has 3 heterocycles. The summed E-state index contributed by atoms with van der Waals surface area (Å²) in [4.78, 5) is 17.6. The molecular formula is C35H33ClN2O4S. The van der Waals surface area contributed by atoms with Gasteiger partial charge in [0.25, 0.3) is 0 Å². The Morgan fingerprint density at radius 1 is 1.05 bits per heavy atom. The molecule has 6 nitrogen and oxygen atoms in total. The smallest absolute Gasteiger partial charge is 0.309 e. The van der Waals surface area contributed by atoms with Crippen LogP contribution in [0.15, 0.2) is 90.0 Å². The molecule has 8 heteroatoms. The van der Waals surface area contributed by atoms with Gasteiger partial charge in [0.15, 0.2) is 0 Å². The number of hydrogen-bond donors (Lipinski definition) is 1. The molecule has 1 aliphatic heterocycles. The van der Waals surface area contributed by atoms with E-state index in [2.05, 4.69) is 21.7 Å². The summed E-state index contributed by atoms with van der Waals surface area (Å²) in [5.41, 5.74) is 5.65. The lowest BCUT2D eigenvalue weighted by atomic mass is 9.87. The summed E-state index contributed by atoms with van der Waals surface area (Å²) in [5, 5.41) is 11.4. The van der Waals surface area contributed by atoms with E-state index < -0.39 is 22.2 Å². The standard InChI is InChI=1S/C35H33ClN2O4S/c1-22-17-28-31(42-21-27-14-11-25(19-37-27)24-7-5-4-6-8-24)16-15-29-32(28)33(43(22)41)30(18-35(2,3)34(39)40)38(29)20-23-9-12-26(36)13-10-23/h4-16,19,22H,17-18,20-21H2,1-3H3,(H,39,40)/t22-,43?/m0/s1. The zero-order valence-corrected chi connectivity index (χ0v) is 25.9. The van der Waals surface area contributed by atoms with Crippen LogP contribution in [0, 0.1) is 5.41 Å². The van der Waals surface area contributed by atoms with E-state index in [9.17, 15) is 14.1 Å². The Bertz CT molecular complexity index is 1830. The summed E-state index contributed by atoms with van der Waals surface area (Å²) in [5.74, 6) is -0.161. The molecule has 0 spiro atoms. The Balaban J connectivity index is 1.41. The highest BCUT2D eigenvalue weighted by molar-refractivity contribution is 7.86. The van der Waals surface area contributed by atoms with Gasteiger partial charge in [-0.05, 0) is 61.7 Å². The van der Waals surface area contributed by atoms with Crippen molar-refractivity contribution in [2.24, 2.45) is 5.41 Å². The van der Waals surface area contributed by atoms with Gasteiger partial charge in [0.2, 0.25) is 0 Å². The van der Waals surface area contributed by atoms with Crippen molar-refractivity contribution in [3.8, 4) is 16.9 Å². The maximum Gasteiger partial charge on any atom is 0.309 e. The van der Waals surface area contributed by atoms with Crippen molar-refractivity contribution in [3.63, 3.8) is 0 Å². The average molecular weight is 613 g/mol. The zero-order valence-electron chi connectivity index (χ0n) is 24.3. The number of benzene rings is 3. The Labute approximate surface area is 258 Å². The molecule has 0 amide bonds. The van der Waals surface area contributed by atoms with Crippen molar-refractivity contribution in [2.45, 2.75) is 56.9 Å². The van der Waals surface area contributed by atoms with E-state index in [-0.39, 0.29) is 11.7 Å². The number of carboxylic acids is 1. The molecule has 0 bridgehead atoms. The minimum atomic E-state index is -1.31. The van der Waals surface area contributed by atoms with Crippen LogP contribution in [0.3, 0.4) is 0 Å². The molecule has 220 valence electrons. The number of ether oxygens (including phenoxy) is 1. The van der Waals surface area contributed by atoms with Crippen LogP contribution in [0.25, 0.3) is 22.0 Å². The Morgan fingerprint density at radius 2 is 1.79 bits per heavy atom. The first-order valence-corrected chi connectivity index (χ1v) is 15.9. The lowest BCUT2D eigenvalue weighted by Gasteiger charge is -2.24. The first-order valence-electron chi connectivity index (χ1n) is 14.3. The fraction of sp³-hybridized carbons (Fsp3) is 0.257. The topological polar surface area (TPSA) is 81.4 Å². The molecule has 0 aliphatic carbocycles. The third-order valence-electron chi connectivity index (χ3n) is 8.16. The van der Waals surface area contributed by atoms with Gasteiger partial charge in [0.1, 0.15) is 12.4 Å². The predicted molar refractivity (Wildman–Crippen MR) is 171 cm³/mol. The molecule has 5 aromatic rings. The zero-order chi connectivity index (χ0) is 30.3. The number of hydrogen-bond acceptors (Lipinski definition) is 4. The summed E-state index contributed by atoms with van der Waals surface area (Å²) >= 11 is 6.15. The number of rotatable bonds is 9. The van der Waals surface area contributed by atoms with E-state index in [1.807, 2.05) is 79.9 Å². The normalized spacial score (nSPS) is 16.4. The number of halogens is 1. The molecule has 0 saturated heterocycles. The molecule has 6 rings (SSSR count). The summed E-state index contributed by atoms with van der Waals surface area (Å²) in [6, 6.07) is 25.8. The fourth-order valence-electron chi connectivity index (χ4n) is 5.71. The number of carbonyl (C=O) groups is 1. The lowest BCUT2D eigenvalue weighted by molar-refractivity contribution is -0.146. The number of nitrogens with zero attached hydrogens (tertiary/aromatic N) is 2. The predicted octanol–water partition coefficient (Wildman–Crippen LogP) is 7.69. The lowest BCUT2D eigenvalue weighted by Crippen LogP contribution is -2.29. The molecule has 43 heavy (non-hydrogen) atoms. The average Bonchev–Trinajstić information content (AvgIpc) is 3.30. The highest BCUT2D eigenvalue weighted by Crippen LogP contribution is 2.44. The molecule has 0 saturated carbocycles. The third kappa shape index (κ3) is 5.71. The SMILES string of the molecule is C[C@H]1Cc2c(OCc3ccc(-c4ccccc4)cn3)ccc3c2c(c(CC(C)(C)C(=O)O)n3Cc2ccc(Cl)cc2)S1=O. The molecule has 1 aliphatic rings. The van der Waals surface area contributed by atoms with Gasteiger partial charge < -0.3 is 14.4 Å². The molecule has 0 radical (unpaired) electrons. The van der Waals surface area contributed by atoms with Gasteiger partial charge in [-0.15, -0.1) is 0 Å². The van der Waals surface area contributed by atoms with Crippen molar-refractivity contribution >= 4 is 39.3 Å². The fourth-order valence-corrected chi connectivity index (χ4v) is 7.40. The van der Waals surface area contributed by atoms with E-state index in [1.165, 1.54) is 0 Å². The van der Waals surface area contributed by atoms with Crippen LogP contribution in [0.5, 0.6) is 5.75 Å². The van der Waals surface area contributed by atoms with Crippen molar-refractivity contribution in [1.29, 1.82) is 0 Å². The highest BCUT2D eigenvalue weighted by Gasteiger charge is 2.37. The van der Waals surface area contributed by atoms with Gasteiger partial charge in [-0.2, -0.15) is 0 Å². The minimum Gasteiger partial charge on any atom is -0.487 e. The second-order valence-corrected chi connectivity index (χ2v) is 14.0.